The third kappa shape index (κ3) is 2.70. The molecule has 1 aromatic heterocycles. The molecule has 17 heavy (non-hydrogen) atoms. The van der Waals surface area contributed by atoms with E-state index in [1.54, 1.807) is 18.2 Å². The Hall–Kier alpha value is -1.27. The SMILES string of the molecule is O=C(O)Cc1nc(Br)sc1-c1ccccc1F. The molecule has 0 fully saturated rings. The van der Waals surface area contributed by atoms with Crippen LogP contribution in [0.2, 0.25) is 0 Å². The van der Waals surface area contributed by atoms with Crippen LogP contribution < -0.4 is 0 Å². The summed E-state index contributed by atoms with van der Waals surface area (Å²) < 4.78 is 14.2. The topological polar surface area (TPSA) is 50.2 Å². The van der Waals surface area contributed by atoms with Gasteiger partial charge in [-0.1, -0.05) is 18.2 Å². The summed E-state index contributed by atoms with van der Waals surface area (Å²) >= 11 is 4.41. The van der Waals surface area contributed by atoms with E-state index < -0.39 is 5.97 Å². The number of benzene rings is 1. The second kappa shape index (κ2) is 4.93. The van der Waals surface area contributed by atoms with Crippen LogP contribution in [0.25, 0.3) is 10.4 Å². The number of nitrogens with zero attached hydrogens (tertiary/aromatic N) is 1. The smallest absolute Gasteiger partial charge is 0.309 e. The van der Waals surface area contributed by atoms with Gasteiger partial charge in [-0.15, -0.1) is 11.3 Å². The number of aliphatic carboxylic acids is 1. The lowest BCUT2D eigenvalue weighted by atomic mass is 10.1. The van der Waals surface area contributed by atoms with E-state index in [4.69, 9.17) is 5.11 Å². The van der Waals surface area contributed by atoms with Crippen LogP contribution in [0.3, 0.4) is 0 Å². The fourth-order valence-corrected chi connectivity index (χ4v) is 2.98. The van der Waals surface area contributed by atoms with E-state index in [0.29, 0.717) is 20.1 Å². The highest BCUT2D eigenvalue weighted by atomic mass is 79.9. The average Bonchev–Trinajstić information content (AvgIpc) is 2.59. The molecule has 1 heterocycles. The monoisotopic (exact) mass is 315 g/mol. The summed E-state index contributed by atoms with van der Waals surface area (Å²) in [6.07, 6.45) is -0.217. The van der Waals surface area contributed by atoms with Crippen molar-refractivity contribution in [1.82, 2.24) is 4.98 Å². The van der Waals surface area contributed by atoms with E-state index >= 15 is 0 Å². The number of hydrogen-bond donors (Lipinski definition) is 1. The first kappa shape index (κ1) is 12.2. The van der Waals surface area contributed by atoms with Crippen LogP contribution in [0.15, 0.2) is 28.2 Å². The number of carboxylic acids is 1. The molecule has 0 radical (unpaired) electrons. The Balaban J connectivity index is 2.51. The zero-order valence-electron chi connectivity index (χ0n) is 8.48. The normalized spacial score (nSPS) is 10.5. The zero-order chi connectivity index (χ0) is 12.4. The largest absolute Gasteiger partial charge is 0.481 e. The molecule has 1 aromatic carbocycles. The van der Waals surface area contributed by atoms with Gasteiger partial charge in [-0.05, 0) is 22.0 Å². The molecule has 0 atom stereocenters. The van der Waals surface area contributed by atoms with Gasteiger partial charge in [0.15, 0.2) is 3.92 Å². The van der Waals surface area contributed by atoms with Gasteiger partial charge in [0.1, 0.15) is 5.82 Å². The molecule has 0 unspecified atom stereocenters. The maximum absolute atomic E-state index is 13.6. The number of carbonyl (C=O) groups is 1. The molecule has 1 N–H and O–H groups in total. The van der Waals surface area contributed by atoms with Crippen LogP contribution in [0, 0.1) is 5.82 Å². The molecular weight excluding hydrogens is 309 g/mol. The van der Waals surface area contributed by atoms with E-state index in [2.05, 4.69) is 20.9 Å². The quantitative estimate of drug-likeness (QED) is 0.945. The van der Waals surface area contributed by atoms with Crippen molar-refractivity contribution in [2.75, 3.05) is 0 Å². The Kier molecular flexibility index (Phi) is 3.54. The summed E-state index contributed by atoms with van der Waals surface area (Å²) in [5.74, 6) is -1.37. The van der Waals surface area contributed by atoms with E-state index in [1.165, 1.54) is 17.4 Å². The summed E-state index contributed by atoms with van der Waals surface area (Å²) in [6.45, 7) is 0. The lowest BCUT2D eigenvalue weighted by Crippen LogP contribution is -2.01. The van der Waals surface area contributed by atoms with E-state index in [9.17, 15) is 9.18 Å². The first-order chi connectivity index (χ1) is 8.08. The van der Waals surface area contributed by atoms with Crippen LogP contribution in [-0.2, 0) is 11.2 Å². The maximum Gasteiger partial charge on any atom is 0.309 e. The highest BCUT2D eigenvalue weighted by molar-refractivity contribution is 9.11. The Morgan fingerprint density at radius 1 is 1.47 bits per heavy atom. The van der Waals surface area contributed by atoms with Gasteiger partial charge in [0.05, 0.1) is 17.0 Å². The van der Waals surface area contributed by atoms with Gasteiger partial charge >= 0.3 is 5.97 Å². The standard InChI is InChI=1S/C11H7BrFNO2S/c12-11-14-8(5-9(15)16)10(17-11)6-3-1-2-4-7(6)13/h1-4H,5H2,(H,15,16). The Bertz CT molecular complexity index is 570. The van der Waals surface area contributed by atoms with E-state index in [1.807, 2.05) is 0 Å². The van der Waals surface area contributed by atoms with Crippen molar-refractivity contribution in [1.29, 1.82) is 0 Å². The molecule has 2 aromatic rings. The number of aromatic nitrogens is 1. The zero-order valence-corrected chi connectivity index (χ0v) is 10.9. The van der Waals surface area contributed by atoms with Crippen molar-refractivity contribution in [3.63, 3.8) is 0 Å². The second-order valence-corrected chi connectivity index (χ2v) is 5.57. The van der Waals surface area contributed by atoms with Gasteiger partial charge in [-0.2, -0.15) is 0 Å². The predicted molar refractivity (Wildman–Crippen MR) is 66.5 cm³/mol. The fraction of sp³-hybridized carbons (Fsp3) is 0.0909. The lowest BCUT2D eigenvalue weighted by Gasteiger charge is -2.01. The minimum Gasteiger partial charge on any atom is -0.481 e. The van der Waals surface area contributed by atoms with Crippen molar-refractivity contribution < 1.29 is 14.3 Å². The Morgan fingerprint density at radius 2 is 2.18 bits per heavy atom. The van der Waals surface area contributed by atoms with Crippen LogP contribution in [-0.4, -0.2) is 16.1 Å². The van der Waals surface area contributed by atoms with Crippen LogP contribution >= 0.6 is 27.3 Å². The van der Waals surface area contributed by atoms with Gasteiger partial charge in [0, 0.05) is 5.56 Å². The third-order valence-corrected chi connectivity index (χ3v) is 3.69. The van der Waals surface area contributed by atoms with Crippen LogP contribution in [0.4, 0.5) is 4.39 Å². The third-order valence-electron chi connectivity index (χ3n) is 2.11. The van der Waals surface area contributed by atoms with E-state index in [0.717, 1.165) is 0 Å². The summed E-state index contributed by atoms with van der Waals surface area (Å²) in [7, 11) is 0. The maximum atomic E-state index is 13.6. The minimum absolute atomic E-state index is 0.217. The number of hydrogen-bond acceptors (Lipinski definition) is 3. The molecule has 0 aliphatic rings. The van der Waals surface area contributed by atoms with Crippen molar-refractivity contribution in [3.8, 4) is 10.4 Å². The molecule has 0 aliphatic carbocycles. The van der Waals surface area contributed by atoms with Gasteiger partial charge in [0.25, 0.3) is 0 Å². The lowest BCUT2D eigenvalue weighted by molar-refractivity contribution is -0.136. The molecule has 2 rings (SSSR count). The van der Waals surface area contributed by atoms with Crippen molar-refractivity contribution in [2.45, 2.75) is 6.42 Å². The van der Waals surface area contributed by atoms with Gasteiger partial charge in [-0.25, -0.2) is 9.37 Å². The number of thiazole rings is 1. The summed E-state index contributed by atoms with van der Waals surface area (Å²) in [5, 5.41) is 8.77. The van der Waals surface area contributed by atoms with Gasteiger partial charge < -0.3 is 5.11 Å². The van der Waals surface area contributed by atoms with Crippen molar-refractivity contribution in [2.24, 2.45) is 0 Å². The van der Waals surface area contributed by atoms with Crippen LogP contribution in [0.5, 0.6) is 0 Å². The Labute approximate surface area is 109 Å². The predicted octanol–water partition coefficient (Wildman–Crippen LogP) is 3.34. The fourth-order valence-electron chi connectivity index (χ4n) is 1.44. The van der Waals surface area contributed by atoms with Gasteiger partial charge in [0.2, 0.25) is 0 Å². The summed E-state index contributed by atoms with van der Waals surface area (Å²) in [4.78, 5) is 15.3. The summed E-state index contributed by atoms with van der Waals surface area (Å²) in [6, 6.07) is 6.25. The first-order valence-corrected chi connectivity index (χ1v) is 6.31. The second-order valence-electron chi connectivity index (χ2n) is 3.29. The molecule has 6 heteroatoms. The summed E-state index contributed by atoms with van der Waals surface area (Å²) in [5.41, 5.74) is 0.756. The van der Waals surface area contributed by atoms with Crippen molar-refractivity contribution in [3.05, 3.63) is 39.7 Å². The highest BCUT2D eigenvalue weighted by Gasteiger charge is 2.16. The highest BCUT2D eigenvalue weighted by Crippen LogP contribution is 2.34. The average molecular weight is 316 g/mol. The molecule has 0 amide bonds. The molecule has 0 saturated carbocycles. The first-order valence-electron chi connectivity index (χ1n) is 4.70. The molecule has 3 nitrogen and oxygen atoms in total. The van der Waals surface area contributed by atoms with Gasteiger partial charge in [-0.3, -0.25) is 4.79 Å². The molecule has 0 spiro atoms. The molecular formula is C11H7BrFNO2S. The number of rotatable bonds is 3. The molecule has 0 bridgehead atoms. The van der Waals surface area contributed by atoms with Crippen molar-refractivity contribution >= 4 is 33.2 Å². The molecule has 88 valence electrons. The molecule has 0 aliphatic heterocycles. The number of carboxylic acid groups (broad SMARTS) is 1. The minimum atomic E-state index is -0.986. The van der Waals surface area contributed by atoms with Crippen LogP contribution in [0.1, 0.15) is 5.69 Å². The molecule has 0 saturated heterocycles. The number of halogens is 2. The Morgan fingerprint density at radius 3 is 2.82 bits per heavy atom. The van der Waals surface area contributed by atoms with E-state index in [-0.39, 0.29) is 12.2 Å².